The molecule has 0 fully saturated rings. The average Bonchev–Trinajstić information content (AvgIpc) is 3.33. The lowest BCUT2D eigenvalue weighted by Gasteiger charge is -2.11. The van der Waals surface area contributed by atoms with Crippen molar-refractivity contribution in [2.24, 2.45) is 0 Å². The topological polar surface area (TPSA) is 63.2 Å². The summed E-state index contributed by atoms with van der Waals surface area (Å²) in [6.45, 7) is 0.470. The lowest BCUT2D eigenvalue weighted by Crippen LogP contribution is -2.34. The summed E-state index contributed by atoms with van der Waals surface area (Å²) in [5.74, 6) is 0.405. The molecule has 0 saturated heterocycles. The minimum absolute atomic E-state index is 0.229. The third kappa shape index (κ3) is 5.71. The highest BCUT2D eigenvalue weighted by molar-refractivity contribution is 7.80. The lowest BCUT2D eigenvalue weighted by atomic mass is 10.2. The van der Waals surface area contributed by atoms with Crippen molar-refractivity contribution in [3.8, 4) is 16.3 Å². The highest BCUT2D eigenvalue weighted by Crippen LogP contribution is 2.30. The number of thiazole rings is 1. The molecule has 0 spiro atoms. The normalized spacial score (nSPS) is 10.6. The maximum absolute atomic E-state index is 12.6. The van der Waals surface area contributed by atoms with Crippen LogP contribution in [0.25, 0.3) is 20.8 Å². The van der Waals surface area contributed by atoms with Gasteiger partial charge < -0.3 is 10.1 Å². The molecule has 2 N–H and O–H groups in total. The van der Waals surface area contributed by atoms with Gasteiger partial charge in [-0.3, -0.25) is 10.1 Å². The average molecular weight is 496 g/mol. The Kier molecular flexibility index (Phi) is 6.79. The molecule has 5 nitrogen and oxygen atoms in total. The minimum atomic E-state index is -0.289. The highest BCUT2D eigenvalue weighted by Gasteiger charge is 2.10. The molecular weight excluding hydrogens is 474 g/mol. The van der Waals surface area contributed by atoms with Gasteiger partial charge in [0.2, 0.25) is 0 Å². The summed E-state index contributed by atoms with van der Waals surface area (Å²) in [5.41, 5.74) is 4.38. The number of nitrogens with one attached hydrogen (secondary N) is 2. The zero-order valence-electron chi connectivity index (χ0n) is 18.6. The number of rotatable bonds is 6. The molecular formula is C28H21N3O2S2. The summed E-state index contributed by atoms with van der Waals surface area (Å²) in [6, 6.07) is 32.8. The molecule has 4 aromatic carbocycles. The molecule has 0 unspecified atom stereocenters. The Balaban J connectivity index is 1.15. The van der Waals surface area contributed by atoms with Gasteiger partial charge in [0.1, 0.15) is 17.4 Å². The van der Waals surface area contributed by atoms with E-state index in [1.807, 2.05) is 72.8 Å². The Bertz CT molecular complexity index is 1430. The van der Waals surface area contributed by atoms with Crippen LogP contribution >= 0.6 is 23.6 Å². The van der Waals surface area contributed by atoms with Crippen LogP contribution in [-0.4, -0.2) is 16.0 Å². The van der Waals surface area contributed by atoms with Crippen LogP contribution in [0.2, 0.25) is 0 Å². The number of nitrogens with zero attached hydrogens (tertiary/aromatic N) is 1. The van der Waals surface area contributed by atoms with Crippen molar-refractivity contribution in [3.63, 3.8) is 0 Å². The van der Waals surface area contributed by atoms with Gasteiger partial charge in [-0.05, 0) is 78.4 Å². The molecule has 0 aliphatic rings. The Morgan fingerprint density at radius 2 is 1.57 bits per heavy atom. The predicted octanol–water partition coefficient (Wildman–Crippen LogP) is 6.67. The Labute approximate surface area is 212 Å². The third-order valence-corrected chi connectivity index (χ3v) is 6.57. The van der Waals surface area contributed by atoms with Crippen LogP contribution in [0.5, 0.6) is 5.75 Å². The lowest BCUT2D eigenvalue weighted by molar-refractivity contribution is 0.0977. The number of ether oxygens (including phenoxy) is 1. The quantitative estimate of drug-likeness (QED) is 0.258. The molecule has 0 atom stereocenters. The van der Waals surface area contributed by atoms with Crippen molar-refractivity contribution in [1.29, 1.82) is 0 Å². The fraction of sp³-hybridized carbons (Fsp3) is 0.0357. The van der Waals surface area contributed by atoms with Crippen molar-refractivity contribution in [2.75, 3.05) is 5.32 Å². The van der Waals surface area contributed by atoms with Crippen LogP contribution in [0.1, 0.15) is 15.9 Å². The summed E-state index contributed by atoms with van der Waals surface area (Å²) >= 11 is 6.98. The number of amides is 1. The van der Waals surface area contributed by atoms with E-state index in [0.717, 1.165) is 32.0 Å². The van der Waals surface area contributed by atoms with E-state index in [1.165, 1.54) is 0 Å². The smallest absolute Gasteiger partial charge is 0.257 e. The number of hydrogen-bond acceptors (Lipinski definition) is 5. The highest BCUT2D eigenvalue weighted by atomic mass is 32.1. The second-order valence-electron chi connectivity index (χ2n) is 7.77. The van der Waals surface area contributed by atoms with Crippen LogP contribution < -0.4 is 15.4 Å². The first-order valence-electron chi connectivity index (χ1n) is 11.0. The van der Waals surface area contributed by atoms with Crippen molar-refractivity contribution in [3.05, 3.63) is 114 Å². The molecule has 172 valence electrons. The molecule has 0 bridgehead atoms. The molecule has 5 aromatic rings. The molecule has 1 heterocycles. The zero-order valence-corrected chi connectivity index (χ0v) is 20.2. The number of thiocarbonyl (C=S) groups is 1. The van der Waals surface area contributed by atoms with Gasteiger partial charge in [0, 0.05) is 16.8 Å². The summed E-state index contributed by atoms with van der Waals surface area (Å²) in [5, 5.41) is 6.96. The fourth-order valence-corrected chi connectivity index (χ4v) is 4.65. The van der Waals surface area contributed by atoms with Crippen molar-refractivity contribution < 1.29 is 9.53 Å². The molecule has 0 saturated carbocycles. The SMILES string of the molecule is O=C(NC(=S)Nc1ccc(-c2nc3ccccc3s2)cc1)c1ccc(OCc2ccccc2)cc1. The first kappa shape index (κ1) is 22.7. The van der Waals surface area contributed by atoms with Gasteiger partial charge in [0.25, 0.3) is 5.91 Å². The number of anilines is 1. The second kappa shape index (κ2) is 10.5. The summed E-state index contributed by atoms with van der Waals surface area (Å²) in [7, 11) is 0. The van der Waals surface area contributed by atoms with Gasteiger partial charge in [0.15, 0.2) is 5.11 Å². The molecule has 0 aliphatic carbocycles. The molecule has 0 aliphatic heterocycles. The maximum Gasteiger partial charge on any atom is 0.257 e. The van der Waals surface area contributed by atoms with E-state index in [-0.39, 0.29) is 11.0 Å². The Hall–Kier alpha value is -4.07. The van der Waals surface area contributed by atoms with Gasteiger partial charge in [-0.25, -0.2) is 4.98 Å². The number of para-hydroxylation sites is 1. The monoisotopic (exact) mass is 495 g/mol. The number of fused-ring (bicyclic) bond motifs is 1. The van der Waals surface area contributed by atoms with Crippen molar-refractivity contribution >= 4 is 50.5 Å². The number of aromatic nitrogens is 1. The zero-order chi connectivity index (χ0) is 24.0. The van der Waals surface area contributed by atoms with E-state index in [9.17, 15) is 4.79 Å². The van der Waals surface area contributed by atoms with Gasteiger partial charge >= 0.3 is 0 Å². The fourth-order valence-electron chi connectivity index (χ4n) is 3.47. The van der Waals surface area contributed by atoms with Crippen LogP contribution in [0.4, 0.5) is 5.69 Å². The largest absolute Gasteiger partial charge is 0.489 e. The van der Waals surface area contributed by atoms with Gasteiger partial charge in [-0.1, -0.05) is 42.5 Å². The van der Waals surface area contributed by atoms with Crippen LogP contribution in [0.15, 0.2) is 103 Å². The van der Waals surface area contributed by atoms with E-state index in [4.69, 9.17) is 17.0 Å². The maximum atomic E-state index is 12.6. The molecule has 1 aromatic heterocycles. The molecule has 7 heteroatoms. The molecule has 35 heavy (non-hydrogen) atoms. The van der Waals surface area contributed by atoms with E-state index >= 15 is 0 Å². The Morgan fingerprint density at radius 1 is 0.857 bits per heavy atom. The number of hydrogen-bond donors (Lipinski definition) is 2. The summed E-state index contributed by atoms with van der Waals surface area (Å²) in [6.07, 6.45) is 0. The van der Waals surface area contributed by atoms with Crippen LogP contribution in [0.3, 0.4) is 0 Å². The second-order valence-corrected chi connectivity index (χ2v) is 9.21. The first-order valence-corrected chi connectivity index (χ1v) is 12.2. The van der Waals surface area contributed by atoms with Crippen molar-refractivity contribution in [1.82, 2.24) is 10.3 Å². The predicted molar refractivity (Wildman–Crippen MR) is 146 cm³/mol. The number of benzene rings is 4. The van der Waals surface area contributed by atoms with E-state index in [2.05, 4.69) is 21.7 Å². The van der Waals surface area contributed by atoms with E-state index in [0.29, 0.717) is 17.9 Å². The van der Waals surface area contributed by atoms with Gasteiger partial charge in [0.05, 0.1) is 10.2 Å². The molecule has 5 rings (SSSR count). The van der Waals surface area contributed by atoms with Crippen LogP contribution in [-0.2, 0) is 6.61 Å². The summed E-state index contributed by atoms with van der Waals surface area (Å²) < 4.78 is 6.93. The van der Waals surface area contributed by atoms with Crippen LogP contribution in [0, 0.1) is 0 Å². The van der Waals surface area contributed by atoms with Gasteiger partial charge in [-0.15, -0.1) is 11.3 Å². The minimum Gasteiger partial charge on any atom is -0.489 e. The van der Waals surface area contributed by atoms with Crippen molar-refractivity contribution in [2.45, 2.75) is 6.61 Å². The number of carbonyl (C=O) groups is 1. The van der Waals surface area contributed by atoms with E-state index < -0.39 is 0 Å². The van der Waals surface area contributed by atoms with Gasteiger partial charge in [-0.2, -0.15) is 0 Å². The molecule has 0 radical (unpaired) electrons. The third-order valence-electron chi connectivity index (χ3n) is 5.28. The number of carbonyl (C=O) groups excluding carboxylic acids is 1. The molecule has 1 amide bonds. The summed E-state index contributed by atoms with van der Waals surface area (Å²) in [4.78, 5) is 17.3. The van der Waals surface area contributed by atoms with E-state index in [1.54, 1.807) is 35.6 Å². The Morgan fingerprint density at radius 3 is 2.31 bits per heavy atom. The standard InChI is InChI=1S/C28H21N3O2S2/c32-26(20-12-16-23(17-13-20)33-18-19-6-2-1-3-7-19)31-28(34)29-22-14-10-21(11-15-22)27-30-24-8-4-5-9-25(24)35-27/h1-17H,18H2,(H2,29,31,32,34). The first-order chi connectivity index (χ1) is 17.1.